The van der Waals surface area contributed by atoms with E-state index in [9.17, 15) is 4.79 Å². The molecule has 1 aliphatic rings. The molecule has 2 heterocycles. The normalized spacial score (nSPS) is 17.5. The van der Waals surface area contributed by atoms with Gasteiger partial charge in [-0.1, -0.05) is 20.8 Å². The number of nitrogens with zero attached hydrogens (tertiary/aromatic N) is 2. The van der Waals surface area contributed by atoms with Crippen molar-refractivity contribution in [3.63, 3.8) is 0 Å². The highest BCUT2D eigenvalue weighted by atomic mass is 16.5. The third-order valence-corrected chi connectivity index (χ3v) is 4.32. The molecule has 0 spiro atoms. The summed E-state index contributed by atoms with van der Waals surface area (Å²) in [5.41, 5.74) is 1.16. The van der Waals surface area contributed by atoms with E-state index in [2.05, 4.69) is 11.0 Å². The molecule has 23 heavy (non-hydrogen) atoms. The number of carbonyl (C=O) groups excluding carboxylic acids is 1. The molecular formula is C18H26N2O3. The number of carbonyl (C=O) groups is 1. The van der Waals surface area contributed by atoms with Gasteiger partial charge in [0.15, 0.2) is 0 Å². The molecule has 0 radical (unpaired) electrons. The molecule has 1 atom stereocenters. The van der Waals surface area contributed by atoms with Gasteiger partial charge in [-0.2, -0.15) is 5.10 Å². The standard InChI is InChI=1S/C18H26N2O3/c1-6-7-16(18(3,4)5)23-17(21)15-12-19-20(13(15)2)14-8-10-22-11-9-14/h1,12,14,16H,7-11H2,2-5H3/t16-/m1/s1. The first-order valence-electron chi connectivity index (χ1n) is 8.11. The summed E-state index contributed by atoms with van der Waals surface area (Å²) >= 11 is 0. The number of hydrogen-bond donors (Lipinski definition) is 0. The van der Waals surface area contributed by atoms with Gasteiger partial charge in [0, 0.05) is 19.6 Å². The molecule has 1 aromatic rings. The Morgan fingerprint density at radius 2 is 2.17 bits per heavy atom. The van der Waals surface area contributed by atoms with Gasteiger partial charge in [0.1, 0.15) is 11.7 Å². The van der Waals surface area contributed by atoms with E-state index in [-0.39, 0.29) is 23.5 Å². The monoisotopic (exact) mass is 318 g/mol. The van der Waals surface area contributed by atoms with Crippen molar-refractivity contribution in [3.8, 4) is 12.3 Å². The summed E-state index contributed by atoms with van der Waals surface area (Å²) in [6.45, 7) is 9.42. The molecule has 1 aromatic heterocycles. The first-order valence-corrected chi connectivity index (χ1v) is 8.11. The van der Waals surface area contributed by atoms with E-state index in [0.717, 1.165) is 31.7 Å². The van der Waals surface area contributed by atoms with Crippen LogP contribution in [0.3, 0.4) is 0 Å². The van der Waals surface area contributed by atoms with Crippen LogP contribution in [-0.2, 0) is 9.47 Å². The van der Waals surface area contributed by atoms with Crippen molar-refractivity contribution < 1.29 is 14.3 Å². The Morgan fingerprint density at radius 3 is 2.74 bits per heavy atom. The maximum Gasteiger partial charge on any atom is 0.341 e. The van der Waals surface area contributed by atoms with Gasteiger partial charge in [-0.25, -0.2) is 4.79 Å². The van der Waals surface area contributed by atoms with E-state index in [1.807, 2.05) is 32.4 Å². The number of ether oxygens (including phenoxy) is 2. The van der Waals surface area contributed by atoms with E-state index in [4.69, 9.17) is 15.9 Å². The Morgan fingerprint density at radius 1 is 1.52 bits per heavy atom. The van der Waals surface area contributed by atoms with E-state index >= 15 is 0 Å². The van der Waals surface area contributed by atoms with Gasteiger partial charge < -0.3 is 9.47 Å². The van der Waals surface area contributed by atoms with Gasteiger partial charge in [-0.15, -0.1) is 12.3 Å². The predicted octanol–water partition coefficient (Wildman–Crippen LogP) is 3.14. The zero-order chi connectivity index (χ0) is 17.0. The minimum absolute atomic E-state index is 0.202. The molecule has 0 bridgehead atoms. The predicted molar refractivity (Wildman–Crippen MR) is 88.2 cm³/mol. The van der Waals surface area contributed by atoms with Crippen molar-refractivity contribution in [2.75, 3.05) is 13.2 Å². The van der Waals surface area contributed by atoms with Crippen LogP contribution in [0.1, 0.15) is 62.1 Å². The van der Waals surface area contributed by atoms with Crippen LogP contribution in [0.25, 0.3) is 0 Å². The van der Waals surface area contributed by atoms with Crippen LogP contribution in [0.2, 0.25) is 0 Å². The molecule has 0 unspecified atom stereocenters. The summed E-state index contributed by atoms with van der Waals surface area (Å²) in [4.78, 5) is 12.5. The lowest BCUT2D eigenvalue weighted by Crippen LogP contribution is -2.31. The Labute approximate surface area is 138 Å². The molecule has 1 saturated heterocycles. The minimum Gasteiger partial charge on any atom is -0.457 e. The zero-order valence-electron chi connectivity index (χ0n) is 14.5. The quantitative estimate of drug-likeness (QED) is 0.632. The van der Waals surface area contributed by atoms with Crippen molar-refractivity contribution in [3.05, 3.63) is 17.5 Å². The highest BCUT2D eigenvalue weighted by molar-refractivity contribution is 5.90. The number of esters is 1. The maximum atomic E-state index is 12.5. The molecule has 1 fully saturated rings. The molecular weight excluding hydrogens is 292 g/mol. The zero-order valence-corrected chi connectivity index (χ0v) is 14.5. The second kappa shape index (κ2) is 7.18. The van der Waals surface area contributed by atoms with Crippen molar-refractivity contribution in [1.29, 1.82) is 0 Å². The number of aromatic nitrogens is 2. The molecule has 0 amide bonds. The number of rotatable bonds is 4. The molecule has 5 nitrogen and oxygen atoms in total. The van der Waals surface area contributed by atoms with Gasteiger partial charge in [0.05, 0.1) is 17.9 Å². The topological polar surface area (TPSA) is 53.3 Å². The third kappa shape index (κ3) is 4.14. The SMILES string of the molecule is C#CC[C@@H](OC(=O)c1cnn(C2CCOCC2)c1C)C(C)(C)C. The van der Waals surface area contributed by atoms with Crippen LogP contribution < -0.4 is 0 Å². The second-order valence-corrected chi connectivity index (χ2v) is 7.10. The van der Waals surface area contributed by atoms with Crippen LogP contribution in [0.15, 0.2) is 6.20 Å². The first-order chi connectivity index (χ1) is 10.8. The van der Waals surface area contributed by atoms with Gasteiger partial charge in [0.2, 0.25) is 0 Å². The van der Waals surface area contributed by atoms with Gasteiger partial charge in [-0.3, -0.25) is 4.68 Å². The fourth-order valence-corrected chi connectivity index (χ4v) is 2.75. The number of hydrogen-bond acceptors (Lipinski definition) is 4. The van der Waals surface area contributed by atoms with E-state index in [1.54, 1.807) is 6.20 Å². The van der Waals surface area contributed by atoms with Crippen molar-refractivity contribution >= 4 is 5.97 Å². The summed E-state index contributed by atoms with van der Waals surface area (Å²) in [6.07, 6.45) is 8.92. The molecule has 0 saturated carbocycles. The van der Waals surface area contributed by atoms with Crippen LogP contribution in [0, 0.1) is 24.7 Å². The summed E-state index contributed by atoms with van der Waals surface area (Å²) in [5.74, 6) is 2.24. The van der Waals surface area contributed by atoms with E-state index in [0.29, 0.717) is 12.0 Å². The molecule has 0 aromatic carbocycles. The van der Waals surface area contributed by atoms with E-state index < -0.39 is 0 Å². The molecule has 126 valence electrons. The first kappa shape index (κ1) is 17.6. The Bertz CT molecular complexity index is 586. The lowest BCUT2D eigenvalue weighted by molar-refractivity contribution is -0.000653. The van der Waals surface area contributed by atoms with Crippen molar-refractivity contribution in [2.24, 2.45) is 5.41 Å². The Balaban J connectivity index is 2.13. The average molecular weight is 318 g/mol. The molecule has 0 N–H and O–H groups in total. The highest BCUT2D eigenvalue weighted by Gasteiger charge is 2.30. The Hall–Kier alpha value is -1.80. The van der Waals surface area contributed by atoms with Crippen LogP contribution in [-0.4, -0.2) is 35.1 Å². The Kier molecular flexibility index (Phi) is 5.48. The molecule has 2 rings (SSSR count). The average Bonchev–Trinajstić information content (AvgIpc) is 2.88. The van der Waals surface area contributed by atoms with Gasteiger partial charge in [-0.05, 0) is 25.2 Å². The summed E-state index contributed by atoms with van der Waals surface area (Å²) in [7, 11) is 0. The highest BCUT2D eigenvalue weighted by Crippen LogP contribution is 2.27. The fourth-order valence-electron chi connectivity index (χ4n) is 2.75. The third-order valence-electron chi connectivity index (χ3n) is 4.32. The maximum absolute atomic E-state index is 12.5. The van der Waals surface area contributed by atoms with Crippen LogP contribution in [0.4, 0.5) is 0 Å². The van der Waals surface area contributed by atoms with Crippen LogP contribution in [0.5, 0.6) is 0 Å². The summed E-state index contributed by atoms with van der Waals surface area (Å²) in [5, 5.41) is 4.40. The van der Waals surface area contributed by atoms with Crippen LogP contribution >= 0.6 is 0 Å². The minimum atomic E-state index is -0.351. The molecule has 0 aliphatic carbocycles. The largest absolute Gasteiger partial charge is 0.457 e. The fraction of sp³-hybridized carbons (Fsp3) is 0.667. The lowest BCUT2D eigenvalue weighted by Gasteiger charge is -2.29. The van der Waals surface area contributed by atoms with Gasteiger partial charge >= 0.3 is 5.97 Å². The van der Waals surface area contributed by atoms with Gasteiger partial charge in [0.25, 0.3) is 0 Å². The molecule has 1 aliphatic heterocycles. The van der Waals surface area contributed by atoms with Crippen molar-refractivity contribution in [1.82, 2.24) is 9.78 Å². The lowest BCUT2D eigenvalue weighted by atomic mass is 9.87. The molecule has 5 heteroatoms. The van der Waals surface area contributed by atoms with E-state index in [1.165, 1.54) is 0 Å². The second-order valence-electron chi connectivity index (χ2n) is 7.10. The summed E-state index contributed by atoms with van der Waals surface area (Å²) < 4.78 is 13.0. The smallest absolute Gasteiger partial charge is 0.341 e. The number of terminal acetylenes is 1. The van der Waals surface area contributed by atoms with Crippen molar-refractivity contribution in [2.45, 2.75) is 59.1 Å². The summed E-state index contributed by atoms with van der Waals surface area (Å²) in [6, 6.07) is 0.287.